The van der Waals surface area contributed by atoms with Gasteiger partial charge in [-0.1, -0.05) is 0 Å². The third-order valence-electron chi connectivity index (χ3n) is 0.123. The quantitative estimate of drug-likeness (QED) is 0.350. The molecule has 0 atom stereocenters. The summed E-state index contributed by atoms with van der Waals surface area (Å²) in [6, 6.07) is 0. The standard InChI is InChI=1S/C3H2O2.Ti/c1-2-3(4)5;/h1H,(H,4,5);. The first kappa shape index (κ1) is 9.22. The van der Waals surface area contributed by atoms with Gasteiger partial charge in [-0.15, -0.1) is 6.42 Å². The van der Waals surface area contributed by atoms with Crippen molar-refractivity contribution >= 4 is 5.97 Å². The number of terminal acetylenes is 1. The minimum absolute atomic E-state index is 0. The summed E-state index contributed by atoms with van der Waals surface area (Å²) in [7, 11) is 0. The molecule has 0 rings (SSSR count). The molecular formula is C3H2O2Ti. The zero-order valence-corrected chi connectivity index (χ0v) is 4.49. The van der Waals surface area contributed by atoms with E-state index in [4.69, 9.17) is 9.90 Å². The van der Waals surface area contributed by atoms with Gasteiger partial charge in [0.05, 0.1) is 0 Å². The van der Waals surface area contributed by atoms with Crippen molar-refractivity contribution in [3.05, 3.63) is 0 Å². The van der Waals surface area contributed by atoms with Gasteiger partial charge < -0.3 is 5.11 Å². The minimum Gasteiger partial charge on any atom is -0.472 e. The molecule has 0 aliphatic rings. The fourth-order valence-electron chi connectivity index (χ4n) is 0. The molecule has 0 radical (unpaired) electrons. The maximum Gasteiger partial charge on any atom is 0.381 e. The Morgan fingerprint density at radius 2 is 2.00 bits per heavy atom. The van der Waals surface area contributed by atoms with Crippen molar-refractivity contribution in [1.82, 2.24) is 0 Å². The van der Waals surface area contributed by atoms with Crippen LogP contribution in [0.15, 0.2) is 0 Å². The molecule has 0 aromatic heterocycles. The number of carboxylic acid groups (broad SMARTS) is 1. The van der Waals surface area contributed by atoms with E-state index in [9.17, 15) is 0 Å². The molecule has 0 spiro atoms. The smallest absolute Gasteiger partial charge is 0.381 e. The fraction of sp³-hybridized carbons (Fsp3) is 0. The molecule has 1 N–H and O–H groups in total. The van der Waals surface area contributed by atoms with E-state index in [0.717, 1.165) is 0 Å². The van der Waals surface area contributed by atoms with Crippen molar-refractivity contribution in [3.8, 4) is 12.3 Å². The van der Waals surface area contributed by atoms with Crippen LogP contribution >= 0.6 is 0 Å². The Balaban J connectivity index is 0. The third-order valence-corrected chi connectivity index (χ3v) is 0.123. The molecular weight excluding hydrogens is 116 g/mol. The van der Waals surface area contributed by atoms with E-state index < -0.39 is 5.97 Å². The van der Waals surface area contributed by atoms with E-state index >= 15 is 0 Å². The Labute approximate surface area is 50.4 Å². The molecule has 0 amide bonds. The largest absolute Gasteiger partial charge is 0.472 e. The minimum atomic E-state index is -1.22. The van der Waals surface area contributed by atoms with Crippen LogP contribution in [0.2, 0.25) is 0 Å². The van der Waals surface area contributed by atoms with Gasteiger partial charge in [0.2, 0.25) is 0 Å². The molecule has 0 fully saturated rings. The second-order valence-electron chi connectivity index (χ2n) is 0.449. The summed E-state index contributed by atoms with van der Waals surface area (Å²) in [5.41, 5.74) is 0. The first-order chi connectivity index (χ1) is 2.27. The van der Waals surface area contributed by atoms with Crippen LogP contribution in [0, 0.1) is 12.3 Å². The number of carboxylic acids is 1. The van der Waals surface area contributed by atoms with Crippen molar-refractivity contribution in [2.45, 2.75) is 0 Å². The number of aliphatic carboxylic acids is 1. The van der Waals surface area contributed by atoms with Gasteiger partial charge in [0, 0.05) is 27.6 Å². The van der Waals surface area contributed by atoms with Gasteiger partial charge >= 0.3 is 5.97 Å². The molecule has 0 aromatic rings. The Bertz CT molecular complexity index is 81.3. The van der Waals surface area contributed by atoms with E-state index in [-0.39, 0.29) is 21.7 Å². The summed E-state index contributed by atoms with van der Waals surface area (Å²) < 4.78 is 0. The van der Waals surface area contributed by atoms with Crippen molar-refractivity contribution in [3.63, 3.8) is 0 Å². The van der Waals surface area contributed by atoms with E-state index in [1.165, 1.54) is 5.92 Å². The molecule has 0 aromatic carbocycles. The Morgan fingerprint density at radius 1 is 1.83 bits per heavy atom. The van der Waals surface area contributed by atoms with Gasteiger partial charge in [-0.3, -0.25) is 0 Å². The number of hydrogen-bond acceptors (Lipinski definition) is 1. The van der Waals surface area contributed by atoms with Gasteiger partial charge in [0.15, 0.2) is 0 Å². The summed E-state index contributed by atoms with van der Waals surface area (Å²) in [5.74, 6) is 0.227. The maximum absolute atomic E-state index is 9.13. The molecule has 3 heteroatoms. The molecule has 0 bridgehead atoms. The summed E-state index contributed by atoms with van der Waals surface area (Å²) in [5, 5.41) is 7.49. The van der Waals surface area contributed by atoms with E-state index in [1.807, 2.05) is 0 Å². The van der Waals surface area contributed by atoms with Crippen LogP contribution in [0.3, 0.4) is 0 Å². The normalized spacial score (nSPS) is 4.50. The summed E-state index contributed by atoms with van der Waals surface area (Å²) in [4.78, 5) is 9.13. The van der Waals surface area contributed by atoms with Gasteiger partial charge in [-0.05, 0) is 0 Å². The van der Waals surface area contributed by atoms with Gasteiger partial charge in [0.1, 0.15) is 0 Å². The summed E-state index contributed by atoms with van der Waals surface area (Å²) in [6.45, 7) is 0. The van der Waals surface area contributed by atoms with Crippen LogP contribution in [0.1, 0.15) is 0 Å². The topological polar surface area (TPSA) is 37.3 Å². The van der Waals surface area contributed by atoms with Crippen LogP contribution < -0.4 is 0 Å². The van der Waals surface area contributed by atoms with Crippen molar-refractivity contribution in [2.75, 3.05) is 0 Å². The molecule has 0 saturated carbocycles. The molecule has 0 aliphatic carbocycles. The SMILES string of the molecule is C#CC(=O)O.[Ti]. The second-order valence-corrected chi connectivity index (χ2v) is 0.449. The molecule has 0 saturated heterocycles. The number of rotatable bonds is 0. The van der Waals surface area contributed by atoms with Crippen molar-refractivity contribution in [1.29, 1.82) is 0 Å². The average molecular weight is 118 g/mol. The Morgan fingerprint density at radius 3 is 2.00 bits per heavy atom. The maximum atomic E-state index is 9.13. The average Bonchev–Trinajstić information content (AvgIpc) is 1.38. The monoisotopic (exact) mass is 118 g/mol. The van der Waals surface area contributed by atoms with E-state index in [2.05, 4.69) is 6.42 Å². The predicted molar refractivity (Wildman–Crippen MR) is 16.5 cm³/mol. The van der Waals surface area contributed by atoms with Gasteiger partial charge in [-0.2, -0.15) is 0 Å². The van der Waals surface area contributed by atoms with Crippen molar-refractivity contribution < 1.29 is 31.6 Å². The van der Waals surface area contributed by atoms with Crippen molar-refractivity contribution in [2.24, 2.45) is 0 Å². The van der Waals surface area contributed by atoms with E-state index in [1.54, 1.807) is 0 Å². The first-order valence-corrected chi connectivity index (χ1v) is 0.966. The zero-order chi connectivity index (χ0) is 4.28. The fourth-order valence-corrected chi connectivity index (χ4v) is 0. The van der Waals surface area contributed by atoms with Crippen LogP contribution in [-0.4, -0.2) is 11.1 Å². The van der Waals surface area contributed by atoms with E-state index in [0.29, 0.717) is 0 Å². The van der Waals surface area contributed by atoms with Crippen LogP contribution in [-0.2, 0) is 26.5 Å². The molecule has 0 unspecified atom stereocenters. The molecule has 0 aliphatic heterocycles. The van der Waals surface area contributed by atoms with Crippen LogP contribution in [0.4, 0.5) is 0 Å². The first-order valence-electron chi connectivity index (χ1n) is 0.966. The number of carbonyl (C=O) groups is 1. The summed E-state index contributed by atoms with van der Waals surface area (Å²) in [6.07, 6.45) is 4.32. The van der Waals surface area contributed by atoms with Gasteiger partial charge in [0.25, 0.3) is 0 Å². The second kappa shape index (κ2) is 4.74. The van der Waals surface area contributed by atoms with Gasteiger partial charge in [-0.25, -0.2) is 4.79 Å². The Hall–Kier alpha value is -0.256. The molecule has 6 heavy (non-hydrogen) atoms. The third kappa shape index (κ3) is 9.27. The molecule has 30 valence electrons. The Kier molecular flexibility index (Phi) is 7.29. The van der Waals surface area contributed by atoms with Crippen LogP contribution in [0.25, 0.3) is 0 Å². The summed E-state index contributed by atoms with van der Waals surface area (Å²) >= 11 is 0. The molecule has 0 heterocycles. The predicted octanol–water partition coefficient (Wildman–Crippen LogP) is -0.298. The number of hydrogen-bond donors (Lipinski definition) is 1. The van der Waals surface area contributed by atoms with Crippen LogP contribution in [0.5, 0.6) is 0 Å². The molecule has 2 nitrogen and oxygen atoms in total. The zero-order valence-electron chi connectivity index (χ0n) is 2.93.